The van der Waals surface area contributed by atoms with Crippen LogP contribution in [0, 0.1) is 11.3 Å². The molecule has 0 unspecified atom stereocenters. The molecule has 12 heteroatoms. The molecule has 0 saturated carbocycles. The van der Waals surface area contributed by atoms with E-state index in [1.165, 1.54) is 23.4 Å². The third kappa shape index (κ3) is 9.01. The molecule has 0 aliphatic carbocycles. The first-order chi connectivity index (χ1) is 20.9. The number of carbonyl (C=O) groups excluding carboxylic acids is 2. The van der Waals surface area contributed by atoms with Crippen molar-refractivity contribution in [2.45, 2.75) is 75.9 Å². The molecule has 2 heterocycles. The van der Waals surface area contributed by atoms with E-state index in [4.69, 9.17) is 14.2 Å². The number of benzene rings is 2. The van der Waals surface area contributed by atoms with Crippen molar-refractivity contribution in [3.63, 3.8) is 0 Å². The lowest BCUT2D eigenvalue weighted by molar-refractivity contribution is -0.117. The molecule has 3 N–H and O–H groups in total. The smallest absolute Gasteiger partial charge is 0.407 e. The van der Waals surface area contributed by atoms with E-state index in [1.807, 2.05) is 44.2 Å². The van der Waals surface area contributed by atoms with Gasteiger partial charge in [-0.15, -0.1) is 0 Å². The summed E-state index contributed by atoms with van der Waals surface area (Å²) >= 11 is 0. The topological polar surface area (TPSA) is 144 Å². The number of carbonyl (C=O) groups is 2. The van der Waals surface area contributed by atoms with Gasteiger partial charge >= 0.3 is 6.09 Å². The molecule has 0 aromatic heterocycles. The normalized spacial score (nSPS) is 21.5. The average Bonchev–Trinajstić information content (AvgIpc) is 3.61. The third-order valence-corrected chi connectivity index (χ3v) is 10.0. The number of Topliss-reactive ketones (excluding diaryl/α,β-unsaturated/α-hetero) is 1. The summed E-state index contributed by atoms with van der Waals surface area (Å²) in [4.78, 5) is 25.0. The fourth-order valence-electron chi connectivity index (χ4n) is 5.64. The Kier molecular flexibility index (Phi) is 11.4. The molecule has 0 radical (unpaired) electrons. The third-order valence-electron chi connectivity index (χ3n) is 8.22. The summed E-state index contributed by atoms with van der Waals surface area (Å²) in [6, 6.07) is 14.9. The van der Waals surface area contributed by atoms with E-state index in [1.54, 1.807) is 19.2 Å². The Balaban J connectivity index is 1.58. The molecule has 4 rings (SSSR count). The molecule has 0 spiro atoms. The van der Waals surface area contributed by atoms with Crippen molar-refractivity contribution in [3.05, 3.63) is 60.2 Å². The Bertz CT molecular complexity index is 1370. The molecule has 2 aromatic rings. The number of alkyl carbamates (subject to hydrolysis) is 1. The summed E-state index contributed by atoms with van der Waals surface area (Å²) in [5, 5.41) is 17.4. The van der Waals surface area contributed by atoms with Crippen LogP contribution in [-0.2, 0) is 35.4 Å². The molecule has 11 nitrogen and oxygen atoms in total. The van der Waals surface area contributed by atoms with E-state index in [9.17, 15) is 23.1 Å². The Morgan fingerprint density at radius 2 is 1.89 bits per heavy atom. The lowest BCUT2D eigenvalue weighted by Crippen LogP contribution is -2.52. The number of fused-ring (bicyclic) bond motifs is 1. The highest BCUT2D eigenvalue weighted by molar-refractivity contribution is 7.89. The van der Waals surface area contributed by atoms with Gasteiger partial charge in [-0.3, -0.25) is 0 Å². The van der Waals surface area contributed by atoms with Gasteiger partial charge in [-0.25, -0.2) is 13.2 Å². The van der Waals surface area contributed by atoms with Crippen LogP contribution in [0.2, 0.25) is 0 Å². The van der Waals surface area contributed by atoms with Crippen molar-refractivity contribution in [3.8, 4) is 0 Å². The van der Waals surface area contributed by atoms with E-state index in [-0.39, 0.29) is 49.0 Å². The van der Waals surface area contributed by atoms with Crippen LogP contribution in [-0.4, -0.2) is 87.6 Å². The molecular weight excluding hydrogens is 586 g/mol. The van der Waals surface area contributed by atoms with Gasteiger partial charge in [0.1, 0.15) is 11.9 Å². The molecule has 1 amide bonds. The van der Waals surface area contributed by atoms with Crippen molar-refractivity contribution in [1.82, 2.24) is 9.62 Å². The summed E-state index contributed by atoms with van der Waals surface area (Å²) in [6.07, 6.45) is -1.14. The van der Waals surface area contributed by atoms with Crippen LogP contribution in [0.15, 0.2) is 59.5 Å². The number of hydrogen-bond donors (Lipinski definition) is 3. The SMILES string of the molecule is CNc1cccc(S(=O)(=O)N(C[C@H](O)[C@H](Cc2ccccc2)NC(=O)O[C@H]2CO[C@H]3OCC[C@H]32)CC(C)(C)CCC(C)=O)c1. The lowest BCUT2D eigenvalue weighted by Gasteiger charge is -2.35. The van der Waals surface area contributed by atoms with E-state index in [2.05, 4.69) is 10.6 Å². The fourth-order valence-corrected chi connectivity index (χ4v) is 7.33. The maximum atomic E-state index is 14.1. The number of ketones is 1. The Labute approximate surface area is 260 Å². The zero-order valence-corrected chi connectivity index (χ0v) is 26.7. The lowest BCUT2D eigenvalue weighted by atomic mass is 9.87. The number of nitrogens with one attached hydrogen (secondary N) is 2. The quantitative estimate of drug-likeness (QED) is 0.269. The number of rotatable bonds is 15. The van der Waals surface area contributed by atoms with Crippen LogP contribution < -0.4 is 10.6 Å². The molecule has 242 valence electrons. The van der Waals surface area contributed by atoms with Gasteiger partial charge in [-0.1, -0.05) is 50.2 Å². The van der Waals surface area contributed by atoms with E-state index < -0.39 is 39.8 Å². The van der Waals surface area contributed by atoms with Crippen molar-refractivity contribution < 1.29 is 37.3 Å². The van der Waals surface area contributed by atoms with Crippen LogP contribution in [0.5, 0.6) is 0 Å². The van der Waals surface area contributed by atoms with E-state index in [0.29, 0.717) is 25.1 Å². The highest BCUT2D eigenvalue weighted by Gasteiger charge is 2.44. The summed E-state index contributed by atoms with van der Waals surface area (Å²) in [5.74, 6) is -0.0347. The minimum Gasteiger partial charge on any atom is -0.443 e. The van der Waals surface area contributed by atoms with Crippen LogP contribution >= 0.6 is 0 Å². The minimum absolute atomic E-state index is 0.0167. The Hall–Kier alpha value is -3.03. The minimum atomic E-state index is -4.09. The summed E-state index contributed by atoms with van der Waals surface area (Å²) < 4.78 is 46.2. The van der Waals surface area contributed by atoms with Crippen molar-refractivity contribution in [1.29, 1.82) is 0 Å². The summed E-state index contributed by atoms with van der Waals surface area (Å²) in [5.41, 5.74) is 0.894. The van der Waals surface area contributed by atoms with E-state index >= 15 is 0 Å². The van der Waals surface area contributed by atoms with Crippen molar-refractivity contribution >= 4 is 27.6 Å². The van der Waals surface area contributed by atoms with Gasteiger partial charge < -0.3 is 34.7 Å². The number of aliphatic hydroxyl groups excluding tert-OH is 1. The Morgan fingerprint density at radius 3 is 2.59 bits per heavy atom. The zero-order chi connectivity index (χ0) is 31.9. The number of nitrogens with zero attached hydrogens (tertiary/aromatic N) is 1. The molecule has 2 fully saturated rings. The number of aliphatic hydroxyl groups is 1. The predicted octanol–water partition coefficient (Wildman–Crippen LogP) is 3.57. The second-order valence-electron chi connectivity index (χ2n) is 12.4. The molecule has 2 aliphatic heterocycles. The van der Waals surface area contributed by atoms with Crippen LogP contribution in [0.1, 0.15) is 45.6 Å². The summed E-state index contributed by atoms with van der Waals surface area (Å²) in [6.45, 7) is 5.82. The van der Waals surface area contributed by atoms with Gasteiger partial charge in [-0.05, 0) is 55.4 Å². The van der Waals surface area contributed by atoms with Gasteiger partial charge in [0.25, 0.3) is 0 Å². The van der Waals surface area contributed by atoms with Crippen LogP contribution in [0.4, 0.5) is 10.5 Å². The van der Waals surface area contributed by atoms with Gasteiger partial charge in [-0.2, -0.15) is 4.31 Å². The largest absolute Gasteiger partial charge is 0.443 e. The molecular formula is C32H45N3O8S. The first-order valence-electron chi connectivity index (χ1n) is 15.1. The average molecular weight is 632 g/mol. The second-order valence-corrected chi connectivity index (χ2v) is 14.4. The molecule has 5 atom stereocenters. The maximum Gasteiger partial charge on any atom is 0.407 e. The molecule has 44 heavy (non-hydrogen) atoms. The highest BCUT2D eigenvalue weighted by Crippen LogP contribution is 2.33. The fraction of sp³-hybridized carbons (Fsp3) is 0.562. The molecule has 0 bridgehead atoms. The zero-order valence-electron chi connectivity index (χ0n) is 25.9. The van der Waals surface area contributed by atoms with Gasteiger partial charge in [0, 0.05) is 32.2 Å². The number of anilines is 1. The number of hydrogen-bond acceptors (Lipinski definition) is 9. The molecule has 2 aliphatic rings. The molecule has 2 saturated heterocycles. The first kappa shape index (κ1) is 33.9. The predicted molar refractivity (Wildman–Crippen MR) is 166 cm³/mol. The van der Waals surface area contributed by atoms with Gasteiger partial charge in [0.05, 0.1) is 36.2 Å². The van der Waals surface area contributed by atoms with Crippen LogP contribution in [0.25, 0.3) is 0 Å². The molecule has 2 aromatic carbocycles. The van der Waals surface area contributed by atoms with E-state index in [0.717, 1.165) is 12.0 Å². The number of amides is 1. The highest BCUT2D eigenvalue weighted by atomic mass is 32.2. The second kappa shape index (κ2) is 14.8. The standard InChI is InChI=1S/C32H45N3O8S/c1-22(36)13-15-32(2,3)21-35(44(39,40)25-12-8-11-24(18-25)33-4)19-28(37)27(17-23-9-6-5-7-10-23)34-31(38)43-29-20-42-30-26(29)14-16-41-30/h5-12,18,26-30,33,37H,13-17,19-21H2,1-4H3,(H,34,38)/t26-,27-,28-,29-,30+/m0/s1. The number of ether oxygens (including phenoxy) is 3. The van der Waals surface area contributed by atoms with Crippen molar-refractivity contribution in [2.75, 3.05) is 38.7 Å². The number of sulfonamides is 1. The van der Waals surface area contributed by atoms with Crippen molar-refractivity contribution in [2.24, 2.45) is 11.3 Å². The van der Waals surface area contributed by atoms with Gasteiger partial charge in [0.2, 0.25) is 10.0 Å². The first-order valence-corrected chi connectivity index (χ1v) is 16.5. The monoisotopic (exact) mass is 631 g/mol. The summed E-state index contributed by atoms with van der Waals surface area (Å²) in [7, 11) is -2.39. The van der Waals surface area contributed by atoms with Crippen LogP contribution in [0.3, 0.4) is 0 Å². The Morgan fingerprint density at radius 1 is 1.14 bits per heavy atom. The maximum absolute atomic E-state index is 14.1. The van der Waals surface area contributed by atoms with Gasteiger partial charge in [0.15, 0.2) is 6.29 Å².